The fourth-order valence-electron chi connectivity index (χ4n) is 5.25. The Morgan fingerprint density at radius 3 is 1.60 bits per heavy atom. The topological polar surface area (TPSA) is 157 Å². The lowest BCUT2D eigenvalue weighted by Crippen LogP contribution is -2.39. The van der Waals surface area contributed by atoms with Crippen molar-refractivity contribution in [2.24, 2.45) is 11.5 Å². The van der Waals surface area contributed by atoms with Crippen LogP contribution in [0.1, 0.15) is 36.9 Å². The van der Waals surface area contributed by atoms with Crippen molar-refractivity contribution in [3.63, 3.8) is 0 Å². The predicted octanol–water partition coefficient (Wildman–Crippen LogP) is 3.83. The van der Waals surface area contributed by atoms with Gasteiger partial charge in [0.2, 0.25) is 0 Å². The first-order valence-electron chi connectivity index (χ1n) is 13.4. The van der Waals surface area contributed by atoms with Gasteiger partial charge in [-0.05, 0) is 66.3 Å². The van der Waals surface area contributed by atoms with Crippen molar-refractivity contribution in [3.8, 4) is 22.8 Å². The molecule has 1 aromatic heterocycles. The van der Waals surface area contributed by atoms with Crippen molar-refractivity contribution in [1.29, 1.82) is 10.8 Å². The van der Waals surface area contributed by atoms with Crippen LogP contribution < -0.4 is 11.5 Å². The zero-order valence-corrected chi connectivity index (χ0v) is 24.0. The molecule has 0 fully saturated rings. The fraction of sp³-hybridized carbons (Fsp3) is 0.310. The number of nitrogens with one attached hydrogen (secondary N) is 2. The van der Waals surface area contributed by atoms with Crippen LogP contribution in [0.25, 0.3) is 33.9 Å². The number of nitrogens with zero attached hydrogens (tertiary/aromatic N) is 5. The molecule has 3 heterocycles. The van der Waals surface area contributed by atoms with E-state index in [1.54, 1.807) is 45.6 Å². The molecule has 2 aromatic carbocycles. The second kappa shape index (κ2) is 12.7. The van der Waals surface area contributed by atoms with Crippen LogP contribution in [0.2, 0.25) is 0 Å². The molecule has 2 aliphatic heterocycles. The summed E-state index contributed by atoms with van der Waals surface area (Å²) in [6, 6.07) is 9.17. The summed E-state index contributed by atoms with van der Waals surface area (Å²) in [5.41, 5.74) is 14.9. The van der Waals surface area contributed by atoms with Gasteiger partial charge in [0.25, 0.3) is 0 Å². The number of aliphatic hydroxyl groups is 1. The van der Waals surface area contributed by atoms with Gasteiger partial charge in [-0.1, -0.05) is 24.3 Å². The van der Waals surface area contributed by atoms with Crippen LogP contribution in [0, 0.1) is 22.5 Å². The van der Waals surface area contributed by atoms with E-state index in [0.717, 1.165) is 22.3 Å². The molecule has 10 nitrogen and oxygen atoms in total. The van der Waals surface area contributed by atoms with Crippen LogP contribution in [0.15, 0.2) is 48.6 Å². The normalized spacial score (nSPS) is 15.9. The van der Waals surface area contributed by atoms with E-state index in [1.165, 1.54) is 12.1 Å². The zero-order chi connectivity index (χ0) is 29.3. The van der Waals surface area contributed by atoms with Crippen molar-refractivity contribution in [3.05, 3.63) is 71.3 Å². The molecule has 42 heavy (non-hydrogen) atoms. The number of rotatable bonds is 6. The maximum atomic E-state index is 15.5. The van der Waals surface area contributed by atoms with E-state index in [1.807, 2.05) is 12.2 Å². The molecule has 0 bridgehead atoms. The van der Waals surface area contributed by atoms with E-state index in [0.29, 0.717) is 39.0 Å². The molecule has 5 rings (SSSR count). The molecular weight excluding hydrogens is 564 g/mol. The van der Waals surface area contributed by atoms with Gasteiger partial charge >= 0.3 is 0 Å². The summed E-state index contributed by atoms with van der Waals surface area (Å²) in [6.07, 6.45) is 5.12. The minimum absolute atomic E-state index is 0. The van der Waals surface area contributed by atoms with Crippen LogP contribution in [0.3, 0.4) is 0 Å². The van der Waals surface area contributed by atoms with Gasteiger partial charge in [0, 0.05) is 26.2 Å². The Labute approximate surface area is 248 Å². The number of nitrogens with two attached hydrogens (primary N) is 2. The van der Waals surface area contributed by atoms with Crippen LogP contribution in [-0.2, 0) is 0 Å². The molecule has 7 N–H and O–H groups in total. The van der Waals surface area contributed by atoms with Gasteiger partial charge in [-0.2, -0.15) is 0 Å². The number of hydrogen-bond donors (Lipinski definition) is 5. The highest BCUT2D eigenvalue weighted by Crippen LogP contribution is 2.34. The number of guanidine groups is 2. The van der Waals surface area contributed by atoms with Crippen LogP contribution in [0.5, 0.6) is 0 Å². The SMILES string of the molecule is CC(CO)n1c(-c2ccc(C3=CCN(C(=N)N)CC3)cc2F)nnc1-c1ccc(C2=CCN(C(=N)N)CC2)cc1F.Cl. The highest BCUT2D eigenvalue weighted by Gasteiger charge is 2.25. The van der Waals surface area contributed by atoms with Crippen molar-refractivity contribution >= 4 is 35.5 Å². The summed E-state index contributed by atoms with van der Waals surface area (Å²) in [6.45, 7) is 3.58. The minimum atomic E-state index is -0.551. The Hall–Kier alpha value is -4.29. The van der Waals surface area contributed by atoms with Gasteiger partial charge in [-0.3, -0.25) is 10.8 Å². The number of aliphatic hydroxyl groups excluding tert-OH is 1. The number of aromatic nitrogens is 3. The highest BCUT2D eigenvalue weighted by atomic mass is 35.5. The number of benzene rings is 2. The molecule has 1 unspecified atom stereocenters. The maximum Gasteiger partial charge on any atom is 0.188 e. The summed E-state index contributed by atoms with van der Waals surface area (Å²) in [5.74, 6) is -0.631. The van der Waals surface area contributed by atoms with Gasteiger partial charge in [-0.15, -0.1) is 22.6 Å². The molecule has 0 aliphatic carbocycles. The van der Waals surface area contributed by atoms with Crippen molar-refractivity contribution < 1.29 is 13.9 Å². The Morgan fingerprint density at radius 1 is 0.857 bits per heavy atom. The number of halogens is 3. The van der Waals surface area contributed by atoms with Gasteiger partial charge in [-0.25, -0.2) is 8.78 Å². The first kappa shape index (κ1) is 30.7. The summed E-state index contributed by atoms with van der Waals surface area (Å²) in [5, 5.41) is 33.6. The lowest BCUT2D eigenvalue weighted by molar-refractivity contribution is 0.240. The molecule has 0 saturated carbocycles. The van der Waals surface area contributed by atoms with Gasteiger partial charge in [0.05, 0.1) is 23.8 Å². The average Bonchev–Trinajstić information content (AvgIpc) is 3.41. The Balaban J connectivity index is 0.00000405. The summed E-state index contributed by atoms with van der Waals surface area (Å²) in [7, 11) is 0. The second-order valence-electron chi connectivity index (χ2n) is 10.3. The van der Waals surface area contributed by atoms with E-state index in [9.17, 15) is 5.11 Å². The van der Waals surface area contributed by atoms with Crippen LogP contribution >= 0.6 is 12.4 Å². The highest BCUT2D eigenvalue weighted by molar-refractivity contribution is 5.85. The molecule has 13 heteroatoms. The Morgan fingerprint density at radius 2 is 1.29 bits per heavy atom. The monoisotopic (exact) mass is 597 g/mol. The number of hydrogen-bond acceptors (Lipinski definition) is 5. The fourth-order valence-corrected chi connectivity index (χ4v) is 5.25. The summed E-state index contributed by atoms with van der Waals surface area (Å²) < 4.78 is 32.6. The van der Waals surface area contributed by atoms with Gasteiger partial charge in [0.15, 0.2) is 23.6 Å². The quantitative estimate of drug-likeness (QED) is 0.213. The van der Waals surface area contributed by atoms with Crippen molar-refractivity contribution in [2.45, 2.75) is 25.8 Å². The lowest BCUT2D eigenvalue weighted by Gasteiger charge is -2.26. The predicted molar refractivity (Wildman–Crippen MR) is 162 cm³/mol. The third-order valence-corrected chi connectivity index (χ3v) is 7.66. The minimum Gasteiger partial charge on any atom is -0.394 e. The molecular formula is C29H34ClF2N9O. The molecule has 0 saturated heterocycles. The van der Waals surface area contributed by atoms with E-state index in [-0.39, 0.29) is 53.7 Å². The maximum absolute atomic E-state index is 15.5. The standard InChI is InChI=1S/C29H33F2N9O.ClH/c1-17(16-41)40-26(22-4-2-20(14-24(22)30)18-6-10-38(11-7-18)28(32)33)36-37-27(40)23-5-3-21(15-25(23)31)19-8-12-39(13-9-19)29(34)35;/h2-6,8,14-15,17,41H,7,9-13,16H2,1H3,(H3,32,33)(H3,34,35);1H. The van der Waals surface area contributed by atoms with Crippen molar-refractivity contribution in [1.82, 2.24) is 24.6 Å². The molecule has 0 amide bonds. The Bertz CT molecular complexity index is 1460. The molecule has 0 spiro atoms. The second-order valence-corrected chi connectivity index (χ2v) is 10.3. The first-order valence-corrected chi connectivity index (χ1v) is 13.4. The molecule has 3 aromatic rings. The first-order chi connectivity index (χ1) is 19.7. The zero-order valence-electron chi connectivity index (χ0n) is 23.1. The Kier molecular flexibility index (Phi) is 9.27. The van der Waals surface area contributed by atoms with E-state index < -0.39 is 17.7 Å². The van der Waals surface area contributed by atoms with Crippen LogP contribution in [0.4, 0.5) is 8.78 Å². The summed E-state index contributed by atoms with van der Waals surface area (Å²) in [4.78, 5) is 3.46. The smallest absolute Gasteiger partial charge is 0.188 e. The van der Waals surface area contributed by atoms with E-state index in [4.69, 9.17) is 22.3 Å². The summed E-state index contributed by atoms with van der Waals surface area (Å²) >= 11 is 0. The molecule has 222 valence electrons. The van der Waals surface area contributed by atoms with E-state index in [2.05, 4.69) is 10.2 Å². The van der Waals surface area contributed by atoms with Gasteiger partial charge in [0.1, 0.15) is 11.6 Å². The third kappa shape index (κ3) is 6.00. The molecule has 0 radical (unpaired) electrons. The van der Waals surface area contributed by atoms with Crippen LogP contribution in [-0.4, -0.2) is 74.4 Å². The molecule has 2 aliphatic rings. The average molecular weight is 598 g/mol. The third-order valence-electron chi connectivity index (χ3n) is 7.66. The largest absolute Gasteiger partial charge is 0.394 e. The lowest BCUT2D eigenvalue weighted by atomic mass is 9.97. The van der Waals surface area contributed by atoms with E-state index >= 15 is 8.78 Å². The van der Waals surface area contributed by atoms with Gasteiger partial charge < -0.3 is 30.9 Å². The molecule has 1 atom stereocenters. The van der Waals surface area contributed by atoms with Crippen molar-refractivity contribution in [2.75, 3.05) is 32.8 Å².